The van der Waals surface area contributed by atoms with Crippen molar-refractivity contribution in [1.29, 1.82) is 0 Å². The van der Waals surface area contributed by atoms with Crippen LogP contribution in [0.3, 0.4) is 0 Å². The molecule has 0 radical (unpaired) electrons. The van der Waals surface area contributed by atoms with Crippen molar-refractivity contribution in [2.24, 2.45) is 5.73 Å². The van der Waals surface area contributed by atoms with Crippen LogP contribution in [0.5, 0.6) is 17.2 Å². The van der Waals surface area contributed by atoms with Crippen LogP contribution < -0.4 is 20.5 Å². The third-order valence-corrected chi connectivity index (χ3v) is 5.94. The minimum Gasteiger partial charge on any atom is -0.496 e. The van der Waals surface area contributed by atoms with E-state index < -0.39 is 17.9 Å². The second-order valence-electron chi connectivity index (χ2n) is 7.35. The molecule has 33 heavy (non-hydrogen) atoms. The lowest BCUT2D eigenvalue weighted by molar-refractivity contribution is 0.0997. The van der Waals surface area contributed by atoms with Crippen LogP contribution in [0.2, 0.25) is 5.02 Å². The van der Waals surface area contributed by atoms with Gasteiger partial charge in [-0.1, -0.05) is 11.6 Å². The second kappa shape index (κ2) is 9.32. The van der Waals surface area contributed by atoms with Gasteiger partial charge in [-0.3, -0.25) is 9.78 Å². The number of benzene rings is 2. The van der Waals surface area contributed by atoms with Crippen LogP contribution in [0.4, 0.5) is 14.5 Å². The van der Waals surface area contributed by atoms with Crippen molar-refractivity contribution in [3.05, 3.63) is 52.9 Å². The number of hydrogen-bond acceptors (Lipinski definition) is 5. The van der Waals surface area contributed by atoms with Gasteiger partial charge in [-0.25, -0.2) is 8.78 Å². The van der Waals surface area contributed by atoms with Crippen LogP contribution in [-0.2, 0) is 0 Å². The Hall–Kier alpha value is -3.24. The van der Waals surface area contributed by atoms with Gasteiger partial charge in [0.2, 0.25) is 0 Å². The summed E-state index contributed by atoms with van der Waals surface area (Å²) in [5.74, 6) is -1.16. The number of ether oxygens (including phenoxy) is 2. The fraction of sp³-hybridized carbons (Fsp3) is 0.227. The van der Waals surface area contributed by atoms with Gasteiger partial charge in [-0.15, -0.1) is 0 Å². The molecular weight excluding hydrogens is 474 g/mol. The summed E-state index contributed by atoms with van der Waals surface area (Å²) >= 11 is 11.5. The van der Waals surface area contributed by atoms with E-state index in [0.717, 1.165) is 0 Å². The third kappa shape index (κ3) is 4.62. The largest absolute Gasteiger partial charge is 0.496 e. The van der Waals surface area contributed by atoms with E-state index >= 15 is 4.39 Å². The van der Waals surface area contributed by atoms with Crippen LogP contribution in [0.15, 0.2) is 36.5 Å². The van der Waals surface area contributed by atoms with Crippen LogP contribution in [0, 0.1) is 5.82 Å². The van der Waals surface area contributed by atoms with Gasteiger partial charge in [-0.05, 0) is 42.9 Å². The Kier molecular flexibility index (Phi) is 6.48. The van der Waals surface area contributed by atoms with Crippen LogP contribution in [0.25, 0.3) is 10.9 Å². The molecule has 172 valence electrons. The van der Waals surface area contributed by atoms with Crippen molar-refractivity contribution in [2.45, 2.75) is 12.6 Å². The maximum absolute atomic E-state index is 15.0. The molecule has 0 spiro atoms. The first-order valence-corrected chi connectivity index (χ1v) is 10.7. The van der Waals surface area contributed by atoms with E-state index in [-0.39, 0.29) is 45.2 Å². The number of nitrogens with one attached hydrogen (secondary N) is 1. The molecule has 2 aromatic carbocycles. The smallest absolute Gasteiger partial charge is 0.252 e. The predicted octanol–water partition coefficient (Wildman–Crippen LogP) is 4.67. The van der Waals surface area contributed by atoms with Gasteiger partial charge < -0.3 is 25.4 Å². The molecule has 1 aromatic heterocycles. The van der Waals surface area contributed by atoms with Crippen LogP contribution in [0.1, 0.15) is 16.8 Å². The average molecular weight is 493 g/mol. The highest BCUT2D eigenvalue weighted by molar-refractivity contribution is 7.80. The van der Waals surface area contributed by atoms with Crippen molar-refractivity contribution >= 4 is 51.4 Å². The molecule has 7 nitrogen and oxygen atoms in total. The van der Waals surface area contributed by atoms with Crippen molar-refractivity contribution in [3.63, 3.8) is 0 Å². The Labute approximate surface area is 198 Å². The number of hydrogen-bond donors (Lipinski definition) is 2. The molecule has 11 heteroatoms. The van der Waals surface area contributed by atoms with Crippen molar-refractivity contribution in [2.75, 3.05) is 25.5 Å². The Morgan fingerprint density at radius 3 is 2.76 bits per heavy atom. The lowest BCUT2D eigenvalue weighted by Crippen LogP contribution is -2.33. The number of thiocarbonyl (C=S) groups is 1. The molecule has 0 saturated carbocycles. The van der Waals surface area contributed by atoms with Crippen molar-refractivity contribution < 1.29 is 23.0 Å². The van der Waals surface area contributed by atoms with E-state index in [2.05, 4.69) is 10.3 Å². The monoisotopic (exact) mass is 492 g/mol. The first kappa shape index (κ1) is 22.9. The summed E-state index contributed by atoms with van der Waals surface area (Å²) in [6.07, 6.45) is 0.918. The first-order chi connectivity index (χ1) is 15.8. The van der Waals surface area contributed by atoms with Crippen LogP contribution in [-0.4, -0.2) is 47.3 Å². The molecule has 1 unspecified atom stereocenters. The zero-order chi connectivity index (χ0) is 23.7. The topological polar surface area (TPSA) is 89.7 Å². The molecule has 1 aliphatic rings. The molecule has 1 atom stereocenters. The molecule has 1 fully saturated rings. The Bertz CT molecular complexity index is 1260. The van der Waals surface area contributed by atoms with Gasteiger partial charge in [0.15, 0.2) is 16.7 Å². The quantitative estimate of drug-likeness (QED) is 0.500. The van der Waals surface area contributed by atoms with Gasteiger partial charge in [0.1, 0.15) is 22.7 Å². The summed E-state index contributed by atoms with van der Waals surface area (Å²) in [7, 11) is 1.41. The number of nitrogens with two attached hydrogens (primary N) is 1. The number of alkyl halides is 1. The van der Waals surface area contributed by atoms with Gasteiger partial charge in [0, 0.05) is 24.2 Å². The number of aromatic nitrogens is 1. The highest BCUT2D eigenvalue weighted by atomic mass is 35.5. The standard InChI is InChI=1S/C22H19ClF2N4O3S/c1-31-18-9-15-12(8-13(18)21(26)30)16(4-6-27-15)32-17-3-2-14(19(23)20(17)25)28-22(33)29-7-5-11(24)10-29/h2-4,6,8-9,11H,5,7,10H2,1H3,(H2,26,30)(H,28,33). The fourth-order valence-corrected chi connectivity index (χ4v) is 4.00. The molecular formula is C22H19ClF2N4O3S. The maximum Gasteiger partial charge on any atom is 0.252 e. The van der Waals surface area contributed by atoms with E-state index in [1.165, 1.54) is 37.6 Å². The summed E-state index contributed by atoms with van der Waals surface area (Å²) in [5, 5.41) is 3.32. The molecule has 0 aliphatic carbocycles. The average Bonchev–Trinajstić information content (AvgIpc) is 3.24. The number of methoxy groups -OCH3 is 1. The minimum atomic E-state index is -0.946. The zero-order valence-corrected chi connectivity index (χ0v) is 19.0. The number of carbonyl (C=O) groups is 1. The number of fused-ring (bicyclic) bond motifs is 1. The summed E-state index contributed by atoms with van der Waals surface area (Å²) in [6, 6.07) is 7.44. The molecule has 1 saturated heterocycles. The summed E-state index contributed by atoms with van der Waals surface area (Å²) in [6.45, 7) is 0.655. The number of amides is 1. The predicted molar refractivity (Wildman–Crippen MR) is 126 cm³/mol. The van der Waals surface area contributed by atoms with Crippen molar-refractivity contribution in [3.8, 4) is 17.2 Å². The van der Waals surface area contributed by atoms with Gasteiger partial charge in [0.25, 0.3) is 5.91 Å². The third-order valence-electron chi connectivity index (χ3n) is 5.21. The number of carbonyl (C=O) groups excluding carboxylic acids is 1. The Morgan fingerprint density at radius 1 is 1.30 bits per heavy atom. The molecule has 3 aromatic rings. The Balaban J connectivity index is 1.63. The molecule has 0 bridgehead atoms. The number of anilines is 1. The number of nitrogens with zero attached hydrogens (tertiary/aromatic N) is 2. The van der Waals surface area contributed by atoms with E-state index in [0.29, 0.717) is 23.9 Å². The highest BCUT2D eigenvalue weighted by Gasteiger charge is 2.25. The van der Waals surface area contributed by atoms with Gasteiger partial charge >= 0.3 is 0 Å². The molecule has 1 aliphatic heterocycles. The first-order valence-electron chi connectivity index (χ1n) is 9.91. The van der Waals surface area contributed by atoms with E-state index in [9.17, 15) is 9.18 Å². The second-order valence-corrected chi connectivity index (χ2v) is 8.11. The normalized spacial score (nSPS) is 15.5. The number of likely N-dealkylation sites (tertiary alicyclic amines) is 1. The maximum atomic E-state index is 15.0. The highest BCUT2D eigenvalue weighted by Crippen LogP contribution is 2.37. The molecule has 4 rings (SSSR count). The number of rotatable bonds is 5. The number of pyridine rings is 1. The number of primary amides is 1. The lowest BCUT2D eigenvalue weighted by atomic mass is 10.1. The van der Waals surface area contributed by atoms with E-state index in [1.54, 1.807) is 11.0 Å². The SMILES string of the molecule is COc1cc2nccc(Oc3ccc(NC(=S)N4CCC(F)C4)c(Cl)c3F)c2cc1C(N)=O. The summed E-state index contributed by atoms with van der Waals surface area (Å²) in [4.78, 5) is 17.7. The minimum absolute atomic E-state index is 0.131. The summed E-state index contributed by atoms with van der Waals surface area (Å²) in [5.41, 5.74) is 6.26. The summed E-state index contributed by atoms with van der Waals surface area (Å²) < 4.78 is 39.4. The fourth-order valence-electron chi connectivity index (χ4n) is 3.52. The van der Waals surface area contributed by atoms with Gasteiger partial charge in [0.05, 0.1) is 30.4 Å². The number of halogens is 3. The molecule has 1 amide bonds. The van der Waals surface area contributed by atoms with Crippen LogP contribution >= 0.6 is 23.8 Å². The zero-order valence-electron chi connectivity index (χ0n) is 17.4. The van der Waals surface area contributed by atoms with E-state index in [4.69, 9.17) is 39.0 Å². The Morgan fingerprint density at radius 2 is 2.09 bits per heavy atom. The molecule has 2 heterocycles. The van der Waals surface area contributed by atoms with E-state index in [1.807, 2.05) is 0 Å². The van der Waals surface area contributed by atoms with Crippen molar-refractivity contribution in [1.82, 2.24) is 9.88 Å². The lowest BCUT2D eigenvalue weighted by Gasteiger charge is -2.20. The van der Waals surface area contributed by atoms with Gasteiger partial charge in [-0.2, -0.15) is 0 Å². The molecule has 3 N–H and O–H groups in total.